The zero-order valence-corrected chi connectivity index (χ0v) is 11.5. The summed E-state index contributed by atoms with van der Waals surface area (Å²) in [4.78, 5) is 8.69. The van der Waals surface area contributed by atoms with Crippen molar-refractivity contribution in [3.63, 3.8) is 0 Å². The maximum Gasteiger partial charge on any atom is 0.224 e. The average molecular weight is 236 g/mol. The Kier molecular flexibility index (Phi) is 5.19. The summed E-state index contributed by atoms with van der Waals surface area (Å²) in [6, 6.07) is 2.42. The molecule has 0 aliphatic rings. The van der Waals surface area contributed by atoms with E-state index in [2.05, 4.69) is 41.4 Å². The lowest BCUT2D eigenvalue weighted by molar-refractivity contribution is 0.437. The lowest BCUT2D eigenvalue weighted by Gasteiger charge is -2.23. The topological polar surface area (TPSA) is 49.8 Å². The van der Waals surface area contributed by atoms with E-state index in [4.69, 9.17) is 0 Å². The van der Waals surface area contributed by atoms with Gasteiger partial charge in [-0.2, -0.15) is 4.98 Å². The zero-order valence-electron chi connectivity index (χ0n) is 11.5. The first kappa shape index (κ1) is 13.7. The fourth-order valence-corrected chi connectivity index (χ4v) is 2.10. The normalized spacial score (nSPS) is 12.6. The second-order valence-corrected chi connectivity index (χ2v) is 4.48. The van der Waals surface area contributed by atoms with Crippen LogP contribution >= 0.6 is 0 Å². The van der Waals surface area contributed by atoms with E-state index < -0.39 is 0 Å². The third-order valence-corrected chi connectivity index (χ3v) is 3.21. The molecule has 0 amide bonds. The van der Waals surface area contributed by atoms with Gasteiger partial charge in [0.15, 0.2) is 0 Å². The summed E-state index contributed by atoms with van der Waals surface area (Å²) in [6.07, 6.45) is 2.38. The van der Waals surface area contributed by atoms with Crippen molar-refractivity contribution in [2.75, 3.05) is 17.7 Å². The molecule has 0 aliphatic heterocycles. The van der Waals surface area contributed by atoms with Gasteiger partial charge >= 0.3 is 0 Å². The molecule has 17 heavy (non-hydrogen) atoms. The lowest BCUT2D eigenvalue weighted by atomic mass is 9.95. The summed E-state index contributed by atoms with van der Waals surface area (Å²) in [5, 5.41) is 6.44. The summed E-state index contributed by atoms with van der Waals surface area (Å²) < 4.78 is 0. The molecule has 1 unspecified atom stereocenters. The van der Waals surface area contributed by atoms with E-state index in [0.717, 1.165) is 11.5 Å². The Balaban J connectivity index is 2.76. The van der Waals surface area contributed by atoms with E-state index in [1.54, 1.807) is 0 Å². The molecule has 0 saturated carbocycles. The molecule has 4 nitrogen and oxygen atoms in total. The standard InChI is InChI=1S/C13H24N4/c1-6-11(7-2)10(4)16-12-8-9(3)15-13(14-5)17-12/h8,10-11H,6-7H2,1-5H3,(H2,14,15,16,17). The van der Waals surface area contributed by atoms with Gasteiger partial charge < -0.3 is 10.6 Å². The van der Waals surface area contributed by atoms with Crippen LogP contribution in [0.1, 0.15) is 39.3 Å². The van der Waals surface area contributed by atoms with Gasteiger partial charge in [0.05, 0.1) is 0 Å². The Hall–Kier alpha value is -1.32. The molecule has 1 aromatic rings. The number of rotatable bonds is 6. The Morgan fingerprint density at radius 3 is 2.41 bits per heavy atom. The molecule has 0 saturated heterocycles. The third-order valence-electron chi connectivity index (χ3n) is 3.21. The highest BCUT2D eigenvalue weighted by atomic mass is 15.1. The van der Waals surface area contributed by atoms with Gasteiger partial charge in [-0.05, 0) is 19.8 Å². The first-order chi connectivity index (χ1) is 8.10. The molecular weight excluding hydrogens is 212 g/mol. The number of hydrogen-bond donors (Lipinski definition) is 2. The number of aromatic nitrogens is 2. The molecule has 1 aromatic heterocycles. The smallest absolute Gasteiger partial charge is 0.224 e. The van der Waals surface area contributed by atoms with Gasteiger partial charge in [0.25, 0.3) is 0 Å². The minimum Gasteiger partial charge on any atom is -0.367 e. The van der Waals surface area contributed by atoms with Crippen LogP contribution in [0.2, 0.25) is 0 Å². The highest BCUT2D eigenvalue weighted by Gasteiger charge is 2.14. The molecule has 0 spiro atoms. The van der Waals surface area contributed by atoms with Crippen LogP contribution in [0.25, 0.3) is 0 Å². The van der Waals surface area contributed by atoms with E-state index in [-0.39, 0.29) is 0 Å². The summed E-state index contributed by atoms with van der Waals surface area (Å²) in [5.74, 6) is 2.26. The van der Waals surface area contributed by atoms with Gasteiger partial charge in [-0.25, -0.2) is 4.98 Å². The molecule has 0 bridgehead atoms. The first-order valence-corrected chi connectivity index (χ1v) is 6.40. The van der Waals surface area contributed by atoms with Crippen molar-refractivity contribution in [3.8, 4) is 0 Å². The van der Waals surface area contributed by atoms with Crippen molar-refractivity contribution in [1.29, 1.82) is 0 Å². The van der Waals surface area contributed by atoms with Crippen LogP contribution in [0, 0.1) is 12.8 Å². The van der Waals surface area contributed by atoms with Crippen molar-refractivity contribution in [2.45, 2.75) is 46.6 Å². The number of anilines is 2. The Bertz CT molecular complexity index is 347. The molecule has 1 atom stereocenters. The number of nitrogens with zero attached hydrogens (tertiary/aromatic N) is 2. The number of nitrogens with one attached hydrogen (secondary N) is 2. The molecule has 4 heteroatoms. The van der Waals surface area contributed by atoms with Crippen molar-refractivity contribution in [2.24, 2.45) is 5.92 Å². The molecule has 0 radical (unpaired) electrons. The first-order valence-electron chi connectivity index (χ1n) is 6.40. The molecule has 1 heterocycles. The van der Waals surface area contributed by atoms with Crippen molar-refractivity contribution in [3.05, 3.63) is 11.8 Å². The fraction of sp³-hybridized carbons (Fsp3) is 0.692. The molecule has 0 aliphatic carbocycles. The summed E-state index contributed by atoms with van der Waals surface area (Å²) >= 11 is 0. The zero-order chi connectivity index (χ0) is 12.8. The van der Waals surface area contributed by atoms with Gasteiger partial charge in [0, 0.05) is 24.8 Å². The second-order valence-electron chi connectivity index (χ2n) is 4.48. The average Bonchev–Trinajstić information content (AvgIpc) is 2.29. The quantitative estimate of drug-likeness (QED) is 0.797. The SMILES string of the molecule is CCC(CC)C(C)Nc1cc(C)nc(NC)n1. The van der Waals surface area contributed by atoms with E-state index >= 15 is 0 Å². The molecule has 0 aromatic carbocycles. The van der Waals surface area contributed by atoms with Crippen LogP contribution in [0.3, 0.4) is 0 Å². The van der Waals surface area contributed by atoms with Crippen molar-refractivity contribution in [1.82, 2.24) is 9.97 Å². The number of aryl methyl sites for hydroxylation is 1. The Morgan fingerprint density at radius 1 is 1.24 bits per heavy atom. The van der Waals surface area contributed by atoms with Gasteiger partial charge in [0.1, 0.15) is 5.82 Å². The molecule has 96 valence electrons. The van der Waals surface area contributed by atoms with Gasteiger partial charge in [-0.3, -0.25) is 0 Å². The fourth-order valence-electron chi connectivity index (χ4n) is 2.10. The second kappa shape index (κ2) is 6.42. The van der Waals surface area contributed by atoms with Crippen LogP contribution in [0.4, 0.5) is 11.8 Å². The number of hydrogen-bond acceptors (Lipinski definition) is 4. The highest BCUT2D eigenvalue weighted by Crippen LogP contribution is 2.18. The summed E-state index contributed by atoms with van der Waals surface area (Å²) in [7, 11) is 1.84. The predicted molar refractivity (Wildman–Crippen MR) is 73.5 cm³/mol. The predicted octanol–water partition coefficient (Wildman–Crippen LogP) is 3.06. The molecule has 0 fully saturated rings. The van der Waals surface area contributed by atoms with E-state index in [1.807, 2.05) is 20.0 Å². The summed E-state index contributed by atoms with van der Waals surface area (Å²) in [6.45, 7) is 8.66. The van der Waals surface area contributed by atoms with Gasteiger partial charge in [-0.15, -0.1) is 0 Å². The minimum atomic E-state index is 0.434. The minimum absolute atomic E-state index is 0.434. The highest BCUT2D eigenvalue weighted by molar-refractivity contribution is 5.42. The van der Waals surface area contributed by atoms with E-state index in [1.165, 1.54) is 12.8 Å². The molecule has 1 rings (SSSR count). The molecule has 2 N–H and O–H groups in total. The monoisotopic (exact) mass is 236 g/mol. The van der Waals surface area contributed by atoms with Crippen LogP contribution in [0.5, 0.6) is 0 Å². The maximum absolute atomic E-state index is 4.41. The van der Waals surface area contributed by atoms with Gasteiger partial charge in [0.2, 0.25) is 5.95 Å². The Labute approximate surface area is 104 Å². The van der Waals surface area contributed by atoms with Crippen LogP contribution < -0.4 is 10.6 Å². The van der Waals surface area contributed by atoms with E-state index in [9.17, 15) is 0 Å². The van der Waals surface area contributed by atoms with Crippen LogP contribution in [-0.4, -0.2) is 23.1 Å². The lowest BCUT2D eigenvalue weighted by Crippen LogP contribution is -2.25. The molecular formula is C13H24N4. The van der Waals surface area contributed by atoms with Crippen molar-refractivity contribution < 1.29 is 0 Å². The van der Waals surface area contributed by atoms with Crippen LogP contribution in [0.15, 0.2) is 6.07 Å². The Morgan fingerprint density at radius 2 is 1.88 bits per heavy atom. The van der Waals surface area contributed by atoms with Crippen LogP contribution in [-0.2, 0) is 0 Å². The summed E-state index contributed by atoms with van der Waals surface area (Å²) in [5.41, 5.74) is 0.976. The van der Waals surface area contributed by atoms with E-state index in [0.29, 0.717) is 17.9 Å². The third kappa shape index (κ3) is 3.88. The van der Waals surface area contributed by atoms with Crippen molar-refractivity contribution >= 4 is 11.8 Å². The van der Waals surface area contributed by atoms with Gasteiger partial charge in [-0.1, -0.05) is 26.7 Å². The maximum atomic E-state index is 4.41. The largest absolute Gasteiger partial charge is 0.367 e.